The van der Waals surface area contributed by atoms with Crippen molar-refractivity contribution < 1.29 is 24.2 Å². The summed E-state index contributed by atoms with van der Waals surface area (Å²) >= 11 is 0. The molecular weight excluding hydrogens is 250 g/mol. The number of phenols is 1. The lowest BCUT2D eigenvalue weighted by Gasteiger charge is -2.12. The van der Waals surface area contributed by atoms with E-state index in [9.17, 15) is 14.7 Å². The van der Waals surface area contributed by atoms with Crippen LogP contribution in [0.1, 0.15) is 22.8 Å². The largest absolute Gasteiger partial charge is 0.508 e. The van der Waals surface area contributed by atoms with Gasteiger partial charge in [0.05, 0.1) is 19.3 Å². The Labute approximate surface area is 111 Å². The first-order valence-corrected chi connectivity index (χ1v) is 5.82. The molecule has 0 saturated carbocycles. The Morgan fingerprint density at radius 1 is 1.42 bits per heavy atom. The summed E-state index contributed by atoms with van der Waals surface area (Å²) in [5.74, 6) is -1.11. The lowest BCUT2D eigenvalue weighted by Crippen LogP contribution is -2.34. The van der Waals surface area contributed by atoms with Crippen LogP contribution < -0.4 is 5.73 Å². The van der Waals surface area contributed by atoms with E-state index in [1.165, 1.54) is 25.3 Å². The van der Waals surface area contributed by atoms with Crippen molar-refractivity contribution in [3.8, 4) is 5.75 Å². The summed E-state index contributed by atoms with van der Waals surface area (Å²) in [5.41, 5.74) is 6.34. The summed E-state index contributed by atoms with van der Waals surface area (Å²) in [7, 11) is 1.26. The fourth-order valence-electron chi connectivity index (χ4n) is 1.56. The molecule has 1 atom stereocenters. The van der Waals surface area contributed by atoms with Crippen molar-refractivity contribution in [3.05, 3.63) is 29.3 Å². The number of carbonyl (C=O) groups is 2. The van der Waals surface area contributed by atoms with Crippen LogP contribution in [0.5, 0.6) is 5.75 Å². The fraction of sp³-hybridized carbons (Fsp3) is 0.385. The molecule has 1 unspecified atom stereocenters. The first-order valence-electron chi connectivity index (χ1n) is 5.82. The maximum atomic E-state index is 11.4. The molecule has 0 aliphatic carbocycles. The molecule has 19 heavy (non-hydrogen) atoms. The zero-order valence-corrected chi connectivity index (χ0v) is 10.9. The van der Waals surface area contributed by atoms with Gasteiger partial charge in [-0.3, -0.25) is 4.79 Å². The van der Waals surface area contributed by atoms with Gasteiger partial charge in [-0.05, 0) is 30.7 Å². The number of rotatable bonds is 5. The first-order chi connectivity index (χ1) is 8.99. The Bertz CT molecular complexity index is 472. The highest BCUT2D eigenvalue weighted by molar-refractivity contribution is 5.89. The predicted octanol–water partition coefficient (Wildman–Crippen LogP) is 0.612. The molecule has 0 amide bonds. The van der Waals surface area contributed by atoms with Crippen LogP contribution in [0.4, 0.5) is 0 Å². The second kappa shape index (κ2) is 6.75. The normalized spacial score (nSPS) is 11.7. The minimum atomic E-state index is -0.890. The number of hydrogen-bond donors (Lipinski definition) is 2. The van der Waals surface area contributed by atoms with Crippen LogP contribution in [0.15, 0.2) is 18.2 Å². The van der Waals surface area contributed by atoms with Gasteiger partial charge in [0.2, 0.25) is 0 Å². The lowest BCUT2D eigenvalue weighted by atomic mass is 10.0. The van der Waals surface area contributed by atoms with Gasteiger partial charge in [0.15, 0.2) is 0 Å². The third-order valence-corrected chi connectivity index (χ3v) is 2.53. The quantitative estimate of drug-likeness (QED) is 0.758. The van der Waals surface area contributed by atoms with Crippen molar-refractivity contribution in [2.45, 2.75) is 19.4 Å². The fourth-order valence-corrected chi connectivity index (χ4v) is 1.56. The maximum absolute atomic E-state index is 11.4. The Morgan fingerprint density at radius 3 is 2.68 bits per heavy atom. The summed E-state index contributed by atoms with van der Waals surface area (Å²) in [6.07, 6.45) is 0.0789. The molecule has 0 saturated heterocycles. The van der Waals surface area contributed by atoms with Gasteiger partial charge in [-0.2, -0.15) is 0 Å². The number of carbonyl (C=O) groups excluding carboxylic acids is 2. The topological polar surface area (TPSA) is 98.9 Å². The maximum Gasteiger partial charge on any atom is 0.337 e. The molecule has 1 rings (SSSR count). The number of nitrogens with two attached hydrogens (primary N) is 1. The van der Waals surface area contributed by atoms with Gasteiger partial charge in [0, 0.05) is 6.42 Å². The smallest absolute Gasteiger partial charge is 0.337 e. The van der Waals surface area contributed by atoms with Crippen molar-refractivity contribution in [1.82, 2.24) is 0 Å². The highest BCUT2D eigenvalue weighted by Gasteiger charge is 2.18. The number of benzene rings is 1. The lowest BCUT2D eigenvalue weighted by molar-refractivity contribution is -0.144. The molecule has 0 fully saturated rings. The monoisotopic (exact) mass is 267 g/mol. The molecule has 104 valence electrons. The van der Waals surface area contributed by atoms with E-state index in [1.807, 2.05) is 0 Å². The van der Waals surface area contributed by atoms with Crippen molar-refractivity contribution in [2.24, 2.45) is 5.73 Å². The molecular formula is C13H17NO5. The summed E-state index contributed by atoms with van der Waals surface area (Å²) in [4.78, 5) is 22.8. The van der Waals surface area contributed by atoms with Crippen LogP contribution in [-0.4, -0.2) is 36.8 Å². The zero-order chi connectivity index (χ0) is 14.4. The number of ether oxygens (including phenoxy) is 2. The molecule has 0 spiro atoms. The van der Waals surface area contributed by atoms with E-state index >= 15 is 0 Å². The first kappa shape index (κ1) is 15.0. The average Bonchev–Trinajstić information content (AvgIpc) is 2.40. The Kier molecular flexibility index (Phi) is 5.32. The summed E-state index contributed by atoms with van der Waals surface area (Å²) in [6.45, 7) is 1.92. The Balaban J connectivity index is 2.88. The van der Waals surface area contributed by atoms with E-state index in [0.717, 1.165) is 0 Å². The third kappa shape index (κ3) is 3.96. The van der Waals surface area contributed by atoms with Gasteiger partial charge >= 0.3 is 11.9 Å². The van der Waals surface area contributed by atoms with E-state index < -0.39 is 18.0 Å². The van der Waals surface area contributed by atoms with Crippen LogP contribution in [0, 0.1) is 0 Å². The van der Waals surface area contributed by atoms with Gasteiger partial charge in [-0.15, -0.1) is 0 Å². The van der Waals surface area contributed by atoms with Gasteiger partial charge < -0.3 is 20.3 Å². The van der Waals surface area contributed by atoms with E-state index in [-0.39, 0.29) is 24.3 Å². The van der Waals surface area contributed by atoms with E-state index in [4.69, 9.17) is 10.5 Å². The van der Waals surface area contributed by atoms with Crippen LogP contribution >= 0.6 is 0 Å². The Morgan fingerprint density at radius 2 is 2.11 bits per heavy atom. The Hall–Kier alpha value is -2.08. The molecule has 0 heterocycles. The van der Waals surface area contributed by atoms with Gasteiger partial charge in [-0.1, -0.05) is 0 Å². The number of aromatic hydroxyl groups is 1. The number of hydrogen-bond acceptors (Lipinski definition) is 6. The van der Waals surface area contributed by atoms with Crippen molar-refractivity contribution >= 4 is 11.9 Å². The molecule has 1 aromatic carbocycles. The average molecular weight is 267 g/mol. The molecule has 0 aromatic heterocycles. The summed E-state index contributed by atoms with van der Waals surface area (Å²) in [6, 6.07) is 3.35. The SMILES string of the molecule is CCOC(=O)C(N)Cc1cc(C(=O)OC)ccc1O. The van der Waals surface area contributed by atoms with E-state index in [0.29, 0.717) is 5.56 Å². The van der Waals surface area contributed by atoms with Crippen molar-refractivity contribution in [3.63, 3.8) is 0 Å². The highest BCUT2D eigenvalue weighted by atomic mass is 16.5. The standard InChI is InChI=1S/C13H17NO5/c1-3-19-13(17)10(14)7-9-6-8(12(16)18-2)4-5-11(9)15/h4-6,10,15H,3,7,14H2,1-2H3. The summed E-state index contributed by atoms with van der Waals surface area (Å²) in [5, 5.41) is 9.69. The van der Waals surface area contributed by atoms with Gasteiger partial charge in [0.1, 0.15) is 11.8 Å². The highest BCUT2D eigenvalue weighted by Crippen LogP contribution is 2.20. The summed E-state index contributed by atoms with van der Waals surface area (Å²) < 4.78 is 9.36. The minimum absolute atomic E-state index is 0.0348. The predicted molar refractivity (Wildman–Crippen MR) is 67.8 cm³/mol. The van der Waals surface area contributed by atoms with E-state index in [2.05, 4.69) is 4.74 Å². The molecule has 1 aromatic rings. The van der Waals surface area contributed by atoms with Crippen LogP contribution in [0.3, 0.4) is 0 Å². The third-order valence-electron chi connectivity index (χ3n) is 2.53. The van der Waals surface area contributed by atoms with Crippen molar-refractivity contribution in [1.29, 1.82) is 0 Å². The second-order valence-corrected chi connectivity index (χ2v) is 3.90. The van der Waals surface area contributed by atoms with Crippen LogP contribution in [0.2, 0.25) is 0 Å². The number of esters is 2. The van der Waals surface area contributed by atoms with E-state index in [1.54, 1.807) is 6.92 Å². The molecule has 3 N–H and O–H groups in total. The van der Waals surface area contributed by atoms with Gasteiger partial charge in [0.25, 0.3) is 0 Å². The minimum Gasteiger partial charge on any atom is -0.508 e. The van der Waals surface area contributed by atoms with Gasteiger partial charge in [-0.25, -0.2) is 4.79 Å². The van der Waals surface area contributed by atoms with Crippen molar-refractivity contribution in [2.75, 3.05) is 13.7 Å². The molecule has 6 heteroatoms. The second-order valence-electron chi connectivity index (χ2n) is 3.90. The molecule has 0 aliphatic rings. The number of methoxy groups -OCH3 is 1. The molecule has 6 nitrogen and oxygen atoms in total. The number of phenolic OH excluding ortho intramolecular Hbond substituents is 1. The molecule has 0 radical (unpaired) electrons. The van der Waals surface area contributed by atoms with Crippen LogP contribution in [0.25, 0.3) is 0 Å². The molecule has 0 bridgehead atoms. The van der Waals surface area contributed by atoms with Crippen LogP contribution in [-0.2, 0) is 20.7 Å². The molecule has 0 aliphatic heterocycles. The zero-order valence-electron chi connectivity index (χ0n) is 10.9.